The number of rotatable bonds is 5. The molecule has 4 heterocycles. The van der Waals surface area contributed by atoms with E-state index in [0.29, 0.717) is 5.92 Å². The molecule has 7 heteroatoms. The van der Waals surface area contributed by atoms with Gasteiger partial charge < -0.3 is 14.7 Å². The van der Waals surface area contributed by atoms with E-state index >= 15 is 0 Å². The van der Waals surface area contributed by atoms with Gasteiger partial charge in [0, 0.05) is 69.7 Å². The first-order chi connectivity index (χ1) is 16.0. The number of nitrogens with zero attached hydrogens (tertiary/aromatic N) is 5. The van der Waals surface area contributed by atoms with Crippen molar-refractivity contribution < 1.29 is 9.59 Å². The van der Waals surface area contributed by atoms with Crippen LogP contribution in [0.25, 0.3) is 0 Å². The fourth-order valence-electron chi connectivity index (χ4n) is 5.27. The predicted octanol–water partition coefficient (Wildman–Crippen LogP) is 2.83. The number of pyridine rings is 2. The van der Waals surface area contributed by atoms with Gasteiger partial charge in [-0.15, -0.1) is 0 Å². The van der Waals surface area contributed by atoms with E-state index in [1.54, 1.807) is 6.20 Å². The Morgan fingerprint density at radius 3 is 2.39 bits per heavy atom. The number of carbonyl (C=O) groups excluding carboxylic acids is 2. The normalized spacial score (nSPS) is 22.0. The maximum absolute atomic E-state index is 13.5. The summed E-state index contributed by atoms with van der Waals surface area (Å²) in [4.78, 5) is 40.9. The van der Waals surface area contributed by atoms with E-state index in [2.05, 4.69) is 22.0 Å². The molecule has 7 nitrogen and oxygen atoms in total. The monoisotopic (exact) mass is 447 g/mol. The molecular weight excluding hydrogens is 414 g/mol. The first-order valence-electron chi connectivity index (χ1n) is 12.2. The van der Waals surface area contributed by atoms with Crippen LogP contribution in [0, 0.1) is 5.92 Å². The van der Waals surface area contributed by atoms with Crippen molar-refractivity contribution in [1.29, 1.82) is 0 Å². The van der Waals surface area contributed by atoms with E-state index < -0.39 is 5.41 Å². The van der Waals surface area contributed by atoms with Crippen LogP contribution in [0.5, 0.6) is 0 Å². The summed E-state index contributed by atoms with van der Waals surface area (Å²) in [7, 11) is 0. The molecule has 2 saturated heterocycles. The van der Waals surface area contributed by atoms with Crippen molar-refractivity contribution in [3.63, 3.8) is 0 Å². The minimum atomic E-state index is -0.391. The van der Waals surface area contributed by atoms with E-state index in [9.17, 15) is 9.59 Å². The van der Waals surface area contributed by atoms with Crippen LogP contribution in [0.1, 0.15) is 50.2 Å². The van der Waals surface area contributed by atoms with E-state index in [4.69, 9.17) is 4.98 Å². The fraction of sp³-hybridized carbons (Fsp3) is 0.538. The van der Waals surface area contributed by atoms with Gasteiger partial charge in [-0.1, -0.05) is 26.0 Å². The van der Waals surface area contributed by atoms with Crippen LogP contribution in [0.3, 0.4) is 0 Å². The van der Waals surface area contributed by atoms with Crippen LogP contribution in [0.4, 0.5) is 5.82 Å². The van der Waals surface area contributed by atoms with Gasteiger partial charge in [0.15, 0.2) is 0 Å². The fourth-order valence-corrected chi connectivity index (χ4v) is 5.27. The summed E-state index contributed by atoms with van der Waals surface area (Å²) in [6, 6.07) is 8.22. The van der Waals surface area contributed by atoms with Crippen molar-refractivity contribution >= 4 is 17.6 Å². The second-order valence-electron chi connectivity index (χ2n) is 9.98. The molecular formula is C26H33N5O2. The van der Waals surface area contributed by atoms with Crippen LogP contribution < -0.4 is 4.90 Å². The van der Waals surface area contributed by atoms with Gasteiger partial charge in [0.05, 0.1) is 5.41 Å². The largest absolute Gasteiger partial charge is 0.353 e. The van der Waals surface area contributed by atoms with E-state index in [1.165, 1.54) is 5.56 Å². The third-order valence-electron chi connectivity index (χ3n) is 7.50. The van der Waals surface area contributed by atoms with Crippen LogP contribution in [-0.2, 0) is 15.0 Å². The molecule has 1 aliphatic carbocycles. The van der Waals surface area contributed by atoms with Crippen molar-refractivity contribution in [3.8, 4) is 0 Å². The number of amides is 2. The highest BCUT2D eigenvalue weighted by Gasteiger charge is 2.54. The SMILES string of the molecule is CC(C)C(=O)N1CCN(c2ccc(C3(C(=O)N4CCC(c5cccnc5)C4)CC3)cn2)CC1. The minimum absolute atomic E-state index is 0.0384. The quantitative estimate of drug-likeness (QED) is 0.705. The van der Waals surface area contributed by atoms with Crippen LogP contribution in [-0.4, -0.2) is 70.9 Å². The van der Waals surface area contributed by atoms with Crippen LogP contribution >= 0.6 is 0 Å². The Morgan fingerprint density at radius 2 is 1.79 bits per heavy atom. The van der Waals surface area contributed by atoms with Gasteiger partial charge in [-0.3, -0.25) is 14.6 Å². The van der Waals surface area contributed by atoms with E-state index in [1.807, 2.05) is 48.2 Å². The summed E-state index contributed by atoms with van der Waals surface area (Å²) in [5.41, 5.74) is 1.87. The predicted molar refractivity (Wildman–Crippen MR) is 127 cm³/mol. The Labute approximate surface area is 195 Å². The number of likely N-dealkylation sites (tertiary alicyclic amines) is 1. The molecule has 0 radical (unpaired) electrons. The first kappa shape index (κ1) is 21.9. The summed E-state index contributed by atoms with van der Waals surface area (Å²) in [6.45, 7) is 8.53. The Balaban J connectivity index is 1.21. The van der Waals surface area contributed by atoms with Gasteiger partial charge in [0.2, 0.25) is 11.8 Å². The molecule has 2 aromatic heterocycles. The van der Waals surface area contributed by atoms with E-state index in [0.717, 1.165) is 69.9 Å². The molecule has 33 heavy (non-hydrogen) atoms. The zero-order chi connectivity index (χ0) is 23.0. The maximum atomic E-state index is 13.5. The van der Waals surface area contributed by atoms with Gasteiger partial charge in [-0.05, 0) is 42.5 Å². The second kappa shape index (κ2) is 8.76. The van der Waals surface area contributed by atoms with E-state index in [-0.39, 0.29) is 17.7 Å². The molecule has 0 bridgehead atoms. The smallest absolute Gasteiger partial charge is 0.233 e. The summed E-state index contributed by atoms with van der Waals surface area (Å²) in [5, 5.41) is 0. The maximum Gasteiger partial charge on any atom is 0.233 e. The number of anilines is 1. The topological polar surface area (TPSA) is 69.6 Å². The Hall–Kier alpha value is -2.96. The Morgan fingerprint density at radius 1 is 1.00 bits per heavy atom. The number of piperazine rings is 1. The van der Waals surface area contributed by atoms with Crippen molar-refractivity contribution in [2.45, 2.75) is 44.4 Å². The molecule has 0 spiro atoms. The molecule has 0 N–H and O–H groups in total. The number of aromatic nitrogens is 2. The average Bonchev–Trinajstić information content (AvgIpc) is 3.53. The molecule has 0 aromatic carbocycles. The highest BCUT2D eigenvalue weighted by molar-refractivity contribution is 5.91. The molecule has 2 aromatic rings. The van der Waals surface area contributed by atoms with Gasteiger partial charge in [0.25, 0.3) is 0 Å². The van der Waals surface area contributed by atoms with Crippen LogP contribution in [0.15, 0.2) is 42.9 Å². The Bertz CT molecular complexity index is 995. The van der Waals surface area contributed by atoms with Crippen molar-refractivity contribution in [1.82, 2.24) is 19.8 Å². The first-order valence-corrected chi connectivity index (χ1v) is 12.2. The van der Waals surface area contributed by atoms with Crippen LogP contribution in [0.2, 0.25) is 0 Å². The summed E-state index contributed by atoms with van der Waals surface area (Å²) >= 11 is 0. The highest BCUT2D eigenvalue weighted by atomic mass is 16.2. The zero-order valence-electron chi connectivity index (χ0n) is 19.6. The number of carbonyl (C=O) groups is 2. The zero-order valence-corrected chi connectivity index (χ0v) is 19.6. The lowest BCUT2D eigenvalue weighted by Crippen LogP contribution is -2.50. The van der Waals surface area contributed by atoms with Gasteiger partial charge in [0.1, 0.15) is 5.82 Å². The summed E-state index contributed by atoms with van der Waals surface area (Å²) in [5.74, 6) is 1.82. The van der Waals surface area contributed by atoms with Crippen molar-refractivity contribution in [2.24, 2.45) is 5.92 Å². The molecule has 2 aliphatic heterocycles. The second-order valence-corrected chi connectivity index (χ2v) is 9.98. The molecule has 2 amide bonds. The third kappa shape index (κ3) is 4.21. The van der Waals surface area contributed by atoms with Crippen molar-refractivity contribution in [2.75, 3.05) is 44.2 Å². The van der Waals surface area contributed by atoms with Gasteiger partial charge in [-0.25, -0.2) is 4.98 Å². The molecule has 3 aliphatic rings. The minimum Gasteiger partial charge on any atom is -0.353 e. The lowest BCUT2D eigenvalue weighted by molar-refractivity contribution is -0.135. The standard InChI is InChI=1S/C26H33N5O2/c1-19(2)24(32)30-14-12-29(13-15-30)23-6-5-22(17-28-23)26(8-9-26)25(33)31-11-7-21(18-31)20-4-3-10-27-16-20/h3-6,10,16-17,19,21H,7-9,11-15,18H2,1-2H3. The lowest BCUT2D eigenvalue weighted by Gasteiger charge is -2.36. The average molecular weight is 448 g/mol. The van der Waals surface area contributed by atoms with Crippen molar-refractivity contribution in [3.05, 3.63) is 54.0 Å². The number of hydrogen-bond acceptors (Lipinski definition) is 5. The third-order valence-corrected chi connectivity index (χ3v) is 7.50. The highest BCUT2D eigenvalue weighted by Crippen LogP contribution is 2.50. The molecule has 1 saturated carbocycles. The Kier molecular flexibility index (Phi) is 5.81. The molecule has 5 rings (SSSR count). The van der Waals surface area contributed by atoms with Gasteiger partial charge in [-0.2, -0.15) is 0 Å². The molecule has 1 atom stereocenters. The lowest BCUT2D eigenvalue weighted by atomic mass is 9.95. The molecule has 174 valence electrons. The van der Waals surface area contributed by atoms with Gasteiger partial charge >= 0.3 is 0 Å². The molecule has 1 unspecified atom stereocenters. The summed E-state index contributed by atoms with van der Waals surface area (Å²) < 4.78 is 0. The summed E-state index contributed by atoms with van der Waals surface area (Å²) in [6.07, 6.45) is 8.42. The molecule has 3 fully saturated rings. The number of hydrogen-bond donors (Lipinski definition) is 0.